The number of nitrogens with zero attached hydrogens (tertiary/aromatic N) is 1. The first-order chi connectivity index (χ1) is 9.45. The van der Waals surface area contributed by atoms with Gasteiger partial charge in [0.15, 0.2) is 10.8 Å². The van der Waals surface area contributed by atoms with Gasteiger partial charge >= 0.3 is 12.6 Å². The van der Waals surface area contributed by atoms with Crippen molar-refractivity contribution in [2.75, 3.05) is 5.32 Å². The van der Waals surface area contributed by atoms with E-state index in [4.69, 9.17) is 5.11 Å². The number of alkyl halides is 2. The molecule has 106 valence electrons. The lowest BCUT2D eigenvalue weighted by molar-refractivity contribution is -0.0498. The van der Waals surface area contributed by atoms with Gasteiger partial charge in [0.2, 0.25) is 0 Å². The molecule has 8 heteroatoms. The summed E-state index contributed by atoms with van der Waals surface area (Å²) in [7, 11) is 0. The predicted molar refractivity (Wildman–Crippen MR) is 70.2 cm³/mol. The molecule has 5 nitrogen and oxygen atoms in total. The molecule has 0 amide bonds. The van der Waals surface area contributed by atoms with Gasteiger partial charge < -0.3 is 15.2 Å². The van der Waals surface area contributed by atoms with Crippen LogP contribution >= 0.6 is 11.3 Å². The Morgan fingerprint density at radius 3 is 2.55 bits per heavy atom. The average molecular weight is 300 g/mol. The number of aromatic nitrogens is 1. The van der Waals surface area contributed by atoms with Crippen LogP contribution in [0.25, 0.3) is 0 Å². The summed E-state index contributed by atoms with van der Waals surface area (Å²) in [5.41, 5.74) is 0.590. The van der Waals surface area contributed by atoms with E-state index in [0.717, 1.165) is 0 Å². The van der Waals surface area contributed by atoms with E-state index in [1.165, 1.54) is 35.6 Å². The van der Waals surface area contributed by atoms with Crippen LogP contribution in [-0.2, 0) is 0 Å². The Kier molecular flexibility index (Phi) is 4.14. The summed E-state index contributed by atoms with van der Waals surface area (Å²) in [5, 5.41) is 12.2. The highest BCUT2D eigenvalue weighted by molar-refractivity contribution is 7.15. The lowest BCUT2D eigenvalue weighted by atomic mass is 10.3. The third-order valence-electron chi connectivity index (χ3n) is 2.33. The van der Waals surface area contributed by atoms with E-state index in [-0.39, 0.29) is 11.4 Å². The van der Waals surface area contributed by atoms with E-state index in [9.17, 15) is 13.6 Å². The first-order valence-corrected chi connectivity index (χ1v) is 6.30. The standard InChI is InChI=1S/C12H10F2N2O3S/c1-6-9(10(17)18)16-12(20-6)15-7-2-4-8(5-3-7)19-11(13)14/h2-5,11H,1H3,(H,15,16)(H,17,18). The van der Waals surface area contributed by atoms with Gasteiger partial charge in [-0.3, -0.25) is 0 Å². The monoisotopic (exact) mass is 300 g/mol. The largest absolute Gasteiger partial charge is 0.476 e. The minimum Gasteiger partial charge on any atom is -0.476 e. The number of aromatic carboxylic acids is 1. The molecule has 20 heavy (non-hydrogen) atoms. The van der Waals surface area contributed by atoms with E-state index in [1.54, 1.807) is 6.92 Å². The number of carbonyl (C=O) groups is 1. The quantitative estimate of drug-likeness (QED) is 0.884. The summed E-state index contributed by atoms with van der Waals surface area (Å²) in [4.78, 5) is 15.4. The van der Waals surface area contributed by atoms with Crippen molar-refractivity contribution in [2.24, 2.45) is 0 Å². The smallest absolute Gasteiger partial charge is 0.387 e. The van der Waals surface area contributed by atoms with Crippen LogP contribution in [0.3, 0.4) is 0 Å². The molecule has 1 aromatic heterocycles. The summed E-state index contributed by atoms with van der Waals surface area (Å²) in [5.74, 6) is -1.04. The van der Waals surface area contributed by atoms with Gasteiger partial charge in [-0.2, -0.15) is 8.78 Å². The number of carboxylic acids is 1. The zero-order chi connectivity index (χ0) is 14.7. The Morgan fingerprint density at radius 1 is 1.40 bits per heavy atom. The third-order valence-corrected chi connectivity index (χ3v) is 3.22. The van der Waals surface area contributed by atoms with Crippen molar-refractivity contribution >= 4 is 28.1 Å². The highest BCUT2D eigenvalue weighted by atomic mass is 32.1. The van der Waals surface area contributed by atoms with Gasteiger partial charge in [-0.25, -0.2) is 9.78 Å². The van der Waals surface area contributed by atoms with Crippen LogP contribution in [0.1, 0.15) is 15.4 Å². The molecular formula is C12H10F2N2O3S. The maximum Gasteiger partial charge on any atom is 0.387 e. The summed E-state index contributed by atoms with van der Waals surface area (Å²) in [6.45, 7) is -1.21. The van der Waals surface area contributed by atoms with Crippen molar-refractivity contribution in [2.45, 2.75) is 13.5 Å². The molecule has 0 unspecified atom stereocenters. The number of benzene rings is 1. The molecule has 2 rings (SSSR count). The number of ether oxygens (including phenoxy) is 1. The Labute approximate surface area is 116 Å². The van der Waals surface area contributed by atoms with Crippen LogP contribution in [0, 0.1) is 6.92 Å². The topological polar surface area (TPSA) is 71.5 Å². The molecule has 0 fully saturated rings. The van der Waals surface area contributed by atoms with Gasteiger partial charge in [-0.1, -0.05) is 0 Å². The first-order valence-electron chi connectivity index (χ1n) is 5.48. The van der Waals surface area contributed by atoms with Gasteiger partial charge in [0.1, 0.15) is 5.75 Å². The van der Waals surface area contributed by atoms with Crippen LogP contribution in [0.5, 0.6) is 5.75 Å². The van der Waals surface area contributed by atoms with Gasteiger partial charge in [0.25, 0.3) is 0 Å². The Balaban J connectivity index is 2.10. The van der Waals surface area contributed by atoms with Gasteiger partial charge in [0.05, 0.1) is 0 Å². The molecule has 2 aromatic rings. The number of rotatable bonds is 5. The zero-order valence-electron chi connectivity index (χ0n) is 10.3. The molecule has 0 radical (unpaired) electrons. The van der Waals surface area contributed by atoms with Gasteiger partial charge in [-0.05, 0) is 31.2 Å². The van der Waals surface area contributed by atoms with E-state index in [1.807, 2.05) is 0 Å². The maximum atomic E-state index is 12.0. The van der Waals surface area contributed by atoms with E-state index in [0.29, 0.717) is 15.7 Å². The van der Waals surface area contributed by atoms with Crippen LogP contribution in [-0.4, -0.2) is 22.7 Å². The number of aryl methyl sites for hydroxylation is 1. The minimum atomic E-state index is -2.87. The molecule has 0 saturated carbocycles. The SMILES string of the molecule is Cc1sc(Nc2ccc(OC(F)F)cc2)nc1C(=O)O. The van der Waals surface area contributed by atoms with E-state index >= 15 is 0 Å². The van der Waals surface area contributed by atoms with Crippen molar-refractivity contribution in [3.05, 3.63) is 34.8 Å². The third kappa shape index (κ3) is 3.41. The second-order valence-corrected chi connectivity index (χ2v) is 4.96. The number of hydrogen-bond donors (Lipinski definition) is 2. The molecule has 0 bridgehead atoms. The van der Waals surface area contributed by atoms with Crippen LogP contribution in [0.4, 0.5) is 19.6 Å². The van der Waals surface area contributed by atoms with E-state index in [2.05, 4.69) is 15.0 Å². The molecule has 2 N–H and O–H groups in total. The number of carboxylic acid groups (broad SMARTS) is 1. The fourth-order valence-electron chi connectivity index (χ4n) is 1.49. The maximum absolute atomic E-state index is 12.0. The molecule has 1 aromatic carbocycles. The molecule has 0 spiro atoms. The average Bonchev–Trinajstić information content (AvgIpc) is 2.72. The van der Waals surface area contributed by atoms with Crippen molar-refractivity contribution in [1.29, 1.82) is 0 Å². The number of thiazole rings is 1. The van der Waals surface area contributed by atoms with Crippen molar-refractivity contribution in [3.8, 4) is 5.75 Å². The Morgan fingerprint density at radius 2 is 2.05 bits per heavy atom. The molecule has 0 aliphatic rings. The molecule has 0 saturated heterocycles. The molecule has 0 aliphatic heterocycles. The number of halogens is 2. The lowest BCUT2D eigenvalue weighted by Gasteiger charge is -2.06. The fourth-order valence-corrected chi connectivity index (χ4v) is 2.32. The fraction of sp³-hybridized carbons (Fsp3) is 0.167. The Bertz CT molecular complexity index is 614. The molecule has 0 aliphatic carbocycles. The highest BCUT2D eigenvalue weighted by Gasteiger charge is 2.14. The molecule has 1 heterocycles. The van der Waals surface area contributed by atoms with Crippen LogP contribution in [0.2, 0.25) is 0 Å². The second-order valence-electron chi connectivity index (χ2n) is 3.76. The van der Waals surface area contributed by atoms with Crippen molar-refractivity contribution in [1.82, 2.24) is 4.98 Å². The van der Waals surface area contributed by atoms with Crippen LogP contribution < -0.4 is 10.1 Å². The van der Waals surface area contributed by atoms with Crippen molar-refractivity contribution in [3.63, 3.8) is 0 Å². The normalized spacial score (nSPS) is 10.6. The lowest BCUT2D eigenvalue weighted by Crippen LogP contribution is -2.01. The highest BCUT2D eigenvalue weighted by Crippen LogP contribution is 2.26. The molecule has 0 atom stereocenters. The predicted octanol–water partition coefficient (Wildman–Crippen LogP) is 3.49. The van der Waals surface area contributed by atoms with E-state index < -0.39 is 12.6 Å². The number of anilines is 2. The first kappa shape index (κ1) is 14.2. The molecular weight excluding hydrogens is 290 g/mol. The minimum absolute atomic E-state index is 0.00449. The zero-order valence-corrected chi connectivity index (χ0v) is 11.1. The Hall–Kier alpha value is -2.22. The summed E-state index contributed by atoms with van der Waals surface area (Å²) in [6.07, 6.45) is 0. The number of nitrogens with one attached hydrogen (secondary N) is 1. The van der Waals surface area contributed by atoms with Crippen molar-refractivity contribution < 1.29 is 23.4 Å². The summed E-state index contributed by atoms with van der Waals surface area (Å²) >= 11 is 1.20. The van der Waals surface area contributed by atoms with Crippen LogP contribution in [0.15, 0.2) is 24.3 Å². The van der Waals surface area contributed by atoms with Gasteiger partial charge in [0, 0.05) is 10.6 Å². The number of hydrogen-bond acceptors (Lipinski definition) is 5. The summed E-state index contributed by atoms with van der Waals surface area (Å²) in [6, 6.07) is 5.84. The second kappa shape index (κ2) is 5.83. The van der Waals surface area contributed by atoms with Gasteiger partial charge in [-0.15, -0.1) is 11.3 Å². The summed E-state index contributed by atoms with van der Waals surface area (Å²) < 4.78 is 28.2.